The van der Waals surface area contributed by atoms with Crippen molar-refractivity contribution in [3.05, 3.63) is 118 Å². The van der Waals surface area contributed by atoms with Crippen molar-refractivity contribution < 1.29 is 35.8 Å². The van der Waals surface area contributed by atoms with Crippen LogP contribution in [-0.2, 0) is 19.3 Å². The average molecular weight is 594 g/mol. The Morgan fingerprint density at radius 2 is 1.82 bits per heavy atom. The van der Waals surface area contributed by atoms with Gasteiger partial charge in [0.25, 0.3) is 15.7 Å². The lowest BCUT2D eigenvalue weighted by atomic mass is 9.98. The highest BCUT2D eigenvalue weighted by Crippen LogP contribution is 2.76. The van der Waals surface area contributed by atoms with E-state index in [-0.39, 0.29) is 22.8 Å². The molecule has 2 atom stereocenters. The maximum absolute atomic E-state index is 14.5. The average Bonchev–Trinajstić information content (AvgIpc) is 2.92. The Labute approximate surface area is 227 Å². The van der Waals surface area contributed by atoms with Crippen LogP contribution >= 0.6 is 7.94 Å². The van der Waals surface area contributed by atoms with Gasteiger partial charge in [0.1, 0.15) is 6.04 Å². The summed E-state index contributed by atoms with van der Waals surface area (Å²) in [6.45, 7) is 1.06. The number of allylic oxidation sites excluding steroid dienone is 7. The summed E-state index contributed by atoms with van der Waals surface area (Å²) in [5, 5.41) is 11.2. The Morgan fingerprint density at radius 1 is 1.10 bits per heavy atom. The van der Waals surface area contributed by atoms with Gasteiger partial charge in [-0.25, -0.2) is 17.7 Å². The minimum atomic E-state index is -4.79. The van der Waals surface area contributed by atoms with Gasteiger partial charge in [0.15, 0.2) is 0 Å². The lowest BCUT2D eigenvalue weighted by Gasteiger charge is -2.49. The van der Waals surface area contributed by atoms with Crippen molar-refractivity contribution in [3.63, 3.8) is 0 Å². The number of carbonyl (C=O) groups excluding carboxylic acids is 1. The van der Waals surface area contributed by atoms with E-state index in [2.05, 4.69) is 0 Å². The third kappa shape index (κ3) is 4.47. The molecule has 1 aliphatic carbocycles. The van der Waals surface area contributed by atoms with Crippen molar-refractivity contribution in [2.24, 2.45) is 0 Å². The molecule has 3 aliphatic heterocycles. The number of nitro benzene ring substituents is 1. The fourth-order valence-corrected chi connectivity index (χ4v) is 11.0. The van der Waals surface area contributed by atoms with E-state index in [9.17, 15) is 36.5 Å². The normalized spacial score (nSPS) is 24.1. The summed E-state index contributed by atoms with van der Waals surface area (Å²) in [7, 11) is -8.95. The van der Waals surface area contributed by atoms with E-state index in [1.807, 2.05) is 0 Å². The van der Waals surface area contributed by atoms with E-state index < -0.39 is 46.6 Å². The number of sulfonamides is 1. The van der Waals surface area contributed by atoms with Crippen molar-refractivity contribution in [1.29, 1.82) is 0 Å². The molecule has 0 saturated heterocycles. The van der Waals surface area contributed by atoms with Crippen LogP contribution in [-0.4, -0.2) is 51.5 Å². The summed E-state index contributed by atoms with van der Waals surface area (Å²) in [5.41, 5.74) is -0.858. The molecule has 3 heterocycles. The predicted molar refractivity (Wildman–Crippen MR) is 140 cm³/mol. The molecular weight excluding hydrogens is 572 g/mol. The number of nitrogens with zero attached hydrogens (tertiary/aromatic N) is 4. The summed E-state index contributed by atoms with van der Waals surface area (Å²) < 4.78 is 80.2. The van der Waals surface area contributed by atoms with E-state index in [4.69, 9.17) is 4.52 Å². The number of benzene rings is 1. The Kier molecular flexibility index (Phi) is 6.81. The molecule has 0 fully saturated rings. The monoisotopic (exact) mass is 593 g/mol. The first-order valence-corrected chi connectivity index (χ1v) is 14.7. The van der Waals surface area contributed by atoms with Crippen molar-refractivity contribution in [2.45, 2.75) is 24.0 Å². The van der Waals surface area contributed by atoms with E-state index >= 15 is 0 Å². The quantitative estimate of drug-likeness (QED) is 0.257. The number of fused-ring (bicyclic) bond motifs is 2. The lowest BCUT2D eigenvalue weighted by Crippen LogP contribution is -2.54. The van der Waals surface area contributed by atoms with Gasteiger partial charge in [-0.1, -0.05) is 36.5 Å². The summed E-state index contributed by atoms with van der Waals surface area (Å²) in [5.74, 6) is -0.921. The van der Waals surface area contributed by atoms with Crippen LogP contribution in [0.1, 0.15) is 6.92 Å². The predicted octanol–water partition coefficient (Wildman–Crippen LogP) is 5.29. The fraction of sp³-hybridized carbons (Fsp3) is 0.160. The molecule has 0 spiro atoms. The van der Waals surface area contributed by atoms with E-state index in [1.54, 1.807) is 42.5 Å². The van der Waals surface area contributed by atoms with Gasteiger partial charge in [-0.3, -0.25) is 10.1 Å². The smallest absolute Gasteiger partial charge is 0.258 e. The van der Waals surface area contributed by atoms with Gasteiger partial charge in [0, 0.05) is 34.9 Å². The molecule has 0 saturated carbocycles. The second-order valence-electron chi connectivity index (χ2n) is 8.81. The van der Waals surface area contributed by atoms with Crippen molar-refractivity contribution in [2.75, 3.05) is 6.54 Å². The standard InChI is InChI=1S/C25H21F3N4O6PS/c1-18(33)38-39(29-15-5-2-6-16-29)30-17-19(25(26,27)28)9-14-23(30)22-7-3-4-8-24(22)32(39)40(36,37)21-12-10-20(11-13-21)31(34)35/h2-15,17,24H,16H2,1H3/q+1. The van der Waals surface area contributed by atoms with Gasteiger partial charge in [-0.05, 0) is 30.4 Å². The Bertz CT molecular complexity index is 1590. The maximum Gasteiger partial charge on any atom is 0.488 e. The largest absolute Gasteiger partial charge is 0.488 e. The topological polar surface area (TPSA) is 113 Å². The number of nitro groups is 1. The zero-order valence-electron chi connectivity index (χ0n) is 20.7. The maximum atomic E-state index is 14.5. The molecule has 4 aliphatic rings. The number of hydrogen-bond donors (Lipinski definition) is 0. The van der Waals surface area contributed by atoms with Crippen LogP contribution in [0.25, 0.3) is 0 Å². The van der Waals surface area contributed by atoms with Gasteiger partial charge in [-0.2, -0.15) is 22.5 Å². The molecule has 40 heavy (non-hydrogen) atoms. The Morgan fingerprint density at radius 3 is 2.42 bits per heavy atom. The molecule has 0 radical (unpaired) electrons. The van der Waals surface area contributed by atoms with Crippen LogP contribution in [0, 0.1) is 10.1 Å². The molecule has 15 heteroatoms. The summed E-state index contributed by atoms with van der Waals surface area (Å²) in [6.07, 6.45) is 10.7. The molecular formula is C25H21F3N4O6PS+. The first-order chi connectivity index (χ1) is 18.9. The first-order valence-electron chi connectivity index (χ1n) is 11.7. The van der Waals surface area contributed by atoms with Crippen molar-refractivity contribution in [3.8, 4) is 0 Å². The number of hydrogen-bond acceptors (Lipinski definition) is 8. The molecule has 1 aromatic carbocycles. The molecule has 0 aromatic heterocycles. The van der Waals surface area contributed by atoms with Crippen LogP contribution in [0.4, 0.5) is 18.9 Å². The van der Waals surface area contributed by atoms with Crippen molar-refractivity contribution >= 4 is 29.6 Å². The van der Waals surface area contributed by atoms with E-state index in [0.717, 1.165) is 52.2 Å². The number of alkyl halides is 3. The van der Waals surface area contributed by atoms with E-state index in [0.29, 0.717) is 5.57 Å². The van der Waals surface area contributed by atoms with Crippen molar-refractivity contribution in [1.82, 2.24) is 13.4 Å². The summed E-state index contributed by atoms with van der Waals surface area (Å²) in [4.78, 5) is 22.8. The van der Waals surface area contributed by atoms with Gasteiger partial charge in [0.2, 0.25) is 0 Å². The molecule has 208 valence electrons. The zero-order chi connectivity index (χ0) is 28.9. The van der Waals surface area contributed by atoms with Crippen LogP contribution in [0.15, 0.2) is 113 Å². The van der Waals surface area contributed by atoms with Gasteiger partial charge in [0.05, 0.1) is 33.8 Å². The highest BCUT2D eigenvalue weighted by Gasteiger charge is 2.71. The van der Waals surface area contributed by atoms with Gasteiger partial charge in [-0.15, -0.1) is 0 Å². The number of halogens is 3. The molecule has 0 bridgehead atoms. The molecule has 1 aromatic rings. The summed E-state index contributed by atoms with van der Waals surface area (Å²) >= 11 is 0. The third-order valence-electron chi connectivity index (χ3n) is 6.30. The van der Waals surface area contributed by atoms with E-state index in [1.165, 1.54) is 16.9 Å². The highest BCUT2D eigenvalue weighted by atomic mass is 32.2. The molecule has 10 nitrogen and oxygen atoms in total. The van der Waals surface area contributed by atoms with Gasteiger partial charge >= 0.3 is 20.1 Å². The molecule has 0 N–H and O–H groups in total. The number of carbonyl (C=O) groups is 1. The fourth-order valence-electron chi connectivity index (χ4n) is 4.65. The van der Waals surface area contributed by atoms with Gasteiger partial charge < -0.3 is 0 Å². The summed E-state index contributed by atoms with van der Waals surface area (Å²) in [6, 6.07) is 3.01. The minimum absolute atomic E-state index is 0.00807. The molecule has 5 rings (SSSR count). The zero-order valence-corrected chi connectivity index (χ0v) is 22.4. The SMILES string of the molecule is CC(=O)O[P+]1(N2C=CC=CC2)N2C=C(C(F)(F)F)C=CC2=C2C=CC=CC2N1S(=O)(=O)c1ccc([N+](=O)[O-])cc1. The van der Waals surface area contributed by atoms with Crippen LogP contribution in [0.2, 0.25) is 0 Å². The first kappa shape index (κ1) is 27.6. The second kappa shape index (κ2) is 9.88. The minimum Gasteiger partial charge on any atom is -0.258 e. The number of rotatable bonds is 5. The third-order valence-corrected chi connectivity index (χ3v) is 12.3. The highest BCUT2D eigenvalue weighted by molar-refractivity contribution is 7.96. The Hall–Kier alpha value is -4.00. The van der Waals surface area contributed by atoms with Crippen LogP contribution in [0.3, 0.4) is 0 Å². The second-order valence-corrected chi connectivity index (χ2v) is 13.5. The lowest BCUT2D eigenvalue weighted by molar-refractivity contribution is -0.384. The Balaban J connectivity index is 1.85. The molecule has 2 unspecified atom stereocenters. The van der Waals surface area contributed by atoms with Crippen LogP contribution < -0.4 is 0 Å². The van der Waals surface area contributed by atoms with Crippen LogP contribution in [0.5, 0.6) is 0 Å². The number of non-ortho nitro benzene ring substituents is 1. The molecule has 0 amide bonds.